The van der Waals surface area contributed by atoms with E-state index in [1.807, 2.05) is 66.7 Å². The Kier molecular flexibility index (Phi) is 6.35. The molecule has 7 nitrogen and oxygen atoms in total. The summed E-state index contributed by atoms with van der Waals surface area (Å²) in [6.07, 6.45) is 1.78. The van der Waals surface area contributed by atoms with Crippen molar-refractivity contribution in [3.05, 3.63) is 164 Å². The average Bonchev–Trinajstić information content (AvgIpc) is 3.70. The van der Waals surface area contributed by atoms with Gasteiger partial charge in [-0.1, -0.05) is 115 Å². The highest BCUT2D eigenvalue weighted by Gasteiger charge is 2.20. The third-order valence-corrected chi connectivity index (χ3v) is 9.25. The van der Waals surface area contributed by atoms with Crippen molar-refractivity contribution in [2.75, 3.05) is 0 Å². The molecule has 0 atom stereocenters. The monoisotopic (exact) mass is 641 g/mol. The SMILES string of the molecule is c1ccc(-c2nc(-c3ccccc3)nc(-c3ccnc(-n4c5ccccc5c5cc6c7ccccc7n(-c7ccccc7)c6cc54)n3)n2)cc1. The Morgan fingerprint density at radius 3 is 1.48 bits per heavy atom. The molecule has 4 heterocycles. The van der Waals surface area contributed by atoms with Gasteiger partial charge >= 0.3 is 0 Å². The molecule has 234 valence electrons. The van der Waals surface area contributed by atoms with E-state index in [9.17, 15) is 0 Å². The quantitative estimate of drug-likeness (QED) is 0.187. The zero-order valence-electron chi connectivity index (χ0n) is 26.7. The van der Waals surface area contributed by atoms with E-state index >= 15 is 0 Å². The van der Waals surface area contributed by atoms with Crippen LogP contribution in [0.4, 0.5) is 0 Å². The normalized spacial score (nSPS) is 11.6. The highest BCUT2D eigenvalue weighted by atomic mass is 15.2. The second-order valence-electron chi connectivity index (χ2n) is 12.2. The number of nitrogens with zero attached hydrogens (tertiary/aromatic N) is 7. The Balaban J connectivity index is 1.22. The maximum Gasteiger partial charge on any atom is 0.235 e. The number of hydrogen-bond donors (Lipinski definition) is 0. The lowest BCUT2D eigenvalue weighted by Crippen LogP contribution is -2.05. The Hall–Kier alpha value is -6.99. The molecule has 0 fully saturated rings. The van der Waals surface area contributed by atoms with E-state index in [1.54, 1.807) is 6.20 Å². The van der Waals surface area contributed by atoms with E-state index in [2.05, 4.69) is 100 Å². The van der Waals surface area contributed by atoms with Crippen molar-refractivity contribution in [3.8, 4) is 45.9 Å². The molecule has 0 aliphatic rings. The number of aromatic nitrogens is 7. The van der Waals surface area contributed by atoms with Gasteiger partial charge in [-0.05, 0) is 42.5 Å². The minimum Gasteiger partial charge on any atom is -0.309 e. The second kappa shape index (κ2) is 11.3. The van der Waals surface area contributed by atoms with Crippen LogP contribution in [-0.2, 0) is 0 Å². The van der Waals surface area contributed by atoms with Crippen molar-refractivity contribution in [1.29, 1.82) is 0 Å². The Morgan fingerprint density at radius 2 is 0.860 bits per heavy atom. The van der Waals surface area contributed by atoms with E-state index in [0.29, 0.717) is 29.1 Å². The van der Waals surface area contributed by atoms with Crippen molar-refractivity contribution in [2.24, 2.45) is 0 Å². The van der Waals surface area contributed by atoms with Crippen LogP contribution in [0, 0.1) is 0 Å². The molecule has 6 aromatic carbocycles. The first kappa shape index (κ1) is 28.1. The third kappa shape index (κ3) is 4.48. The first-order chi connectivity index (χ1) is 24.8. The molecule has 0 radical (unpaired) electrons. The van der Waals surface area contributed by atoms with Crippen LogP contribution in [0.3, 0.4) is 0 Å². The topological polar surface area (TPSA) is 74.3 Å². The van der Waals surface area contributed by atoms with Crippen LogP contribution in [0.1, 0.15) is 0 Å². The second-order valence-corrected chi connectivity index (χ2v) is 12.2. The van der Waals surface area contributed by atoms with Crippen LogP contribution in [0.2, 0.25) is 0 Å². The van der Waals surface area contributed by atoms with Gasteiger partial charge in [0.1, 0.15) is 5.69 Å². The van der Waals surface area contributed by atoms with Gasteiger partial charge in [0.25, 0.3) is 0 Å². The van der Waals surface area contributed by atoms with Gasteiger partial charge in [0.2, 0.25) is 5.95 Å². The fraction of sp³-hybridized carbons (Fsp3) is 0. The maximum atomic E-state index is 5.15. The fourth-order valence-electron chi connectivity index (χ4n) is 7.01. The predicted molar refractivity (Wildman–Crippen MR) is 200 cm³/mol. The summed E-state index contributed by atoms with van der Waals surface area (Å²) >= 11 is 0. The Labute approximate surface area is 286 Å². The largest absolute Gasteiger partial charge is 0.309 e. The van der Waals surface area contributed by atoms with Crippen LogP contribution in [-0.4, -0.2) is 34.1 Å². The number of para-hydroxylation sites is 3. The molecule has 0 bridgehead atoms. The van der Waals surface area contributed by atoms with Gasteiger partial charge in [-0.25, -0.2) is 24.9 Å². The van der Waals surface area contributed by atoms with Crippen molar-refractivity contribution in [2.45, 2.75) is 0 Å². The van der Waals surface area contributed by atoms with E-state index in [0.717, 1.165) is 49.7 Å². The summed E-state index contributed by atoms with van der Waals surface area (Å²) in [7, 11) is 0. The molecule has 0 aliphatic carbocycles. The molecule has 10 aromatic rings. The fourth-order valence-corrected chi connectivity index (χ4v) is 7.01. The van der Waals surface area contributed by atoms with Crippen molar-refractivity contribution < 1.29 is 0 Å². The summed E-state index contributed by atoms with van der Waals surface area (Å²) < 4.78 is 4.49. The lowest BCUT2D eigenvalue weighted by molar-refractivity contribution is 0.975. The molecule has 0 unspecified atom stereocenters. The molecule has 50 heavy (non-hydrogen) atoms. The van der Waals surface area contributed by atoms with Gasteiger partial charge in [-0.2, -0.15) is 0 Å². The van der Waals surface area contributed by atoms with E-state index < -0.39 is 0 Å². The predicted octanol–water partition coefficient (Wildman–Crippen LogP) is 9.86. The molecule has 0 amide bonds. The van der Waals surface area contributed by atoms with Gasteiger partial charge in [0.15, 0.2) is 17.5 Å². The third-order valence-electron chi connectivity index (χ3n) is 9.25. The summed E-state index contributed by atoms with van der Waals surface area (Å²) in [5, 5.41) is 4.67. The summed E-state index contributed by atoms with van der Waals surface area (Å²) in [5.74, 6) is 2.19. The summed E-state index contributed by atoms with van der Waals surface area (Å²) in [5.41, 5.74) is 7.84. The van der Waals surface area contributed by atoms with Crippen LogP contribution >= 0.6 is 0 Å². The lowest BCUT2D eigenvalue weighted by atomic mass is 10.1. The zero-order chi connectivity index (χ0) is 33.0. The number of hydrogen-bond acceptors (Lipinski definition) is 5. The molecular formula is C43H27N7. The molecule has 0 saturated carbocycles. The van der Waals surface area contributed by atoms with Gasteiger partial charge in [0.05, 0.1) is 22.1 Å². The van der Waals surface area contributed by atoms with Crippen LogP contribution in [0.15, 0.2) is 164 Å². The standard InChI is InChI=1S/C43H27N7/c1-4-14-28(15-5-1)40-46-41(29-16-6-2-7-17-29)48-42(47-40)35-24-25-44-43(45-35)50-37-23-13-11-21-32(37)34-26-33-31-20-10-12-22-36(31)49(38(33)27-39(34)50)30-18-8-3-9-19-30/h1-27H. The molecule has 7 heteroatoms. The number of fused-ring (bicyclic) bond motifs is 6. The van der Waals surface area contributed by atoms with Crippen LogP contribution < -0.4 is 0 Å². The zero-order valence-corrected chi connectivity index (χ0v) is 26.7. The van der Waals surface area contributed by atoms with E-state index in [-0.39, 0.29) is 0 Å². The first-order valence-electron chi connectivity index (χ1n) is 16.5. The first-order valence-corrected chi connectivity index (χ1v) is 16.5. The Morgan fingerprint density at radius 1 is 0.360 bits per heavy atom. The number of rotatable bonds is 5. The van der Waals surface area contributed by atoms with E-state index in [4.69, 9.17) is 24.9 Å². The number of benzene rings is 6. The lowest BCUT2D eigenvalue weighted by Gasteiger charge is -2.10. The molecular weight excluding hydrogens is 615 g/mol. The molecule has 0 spiro atoms. The maximum absolute atomic E-state index is 5.15. The van der Waals surface area contributed by atoms with Gasteiger partial charge in [-0.3, -0.25) is 4.57 Å². The van der Waals surface area contributed by atoms with E-state index in [1.165, 1.54) is 10.8 Å². The van der Waals surface area contributed by atoms with Crippen LogP contribution in [0.25, 0.3) is 89.5 Å². The highest BCUT2D eigenvalue weighted by molar-refractivity contribution is 6.19. The van der Waals surface area contributed by atoms with Crippen molar-refractivity contribution >= 4 is 43.6 Å². The van der Waals surface area contributed by atoms with Crippen molar-refractivity contribution in [3.63, 3.8) is 0 Å². The summed E-state index contributed by atoms with van der Waals surface area (Å²) in [6, 6.07) is 54.0. The van der Waals surface area contributed by atoms with Crippen LogP contribution in [0.5, 0.6) is 0 Å². The van der Waals surface area contributed by atoms with Crippen molar-refractivity contribution in [1.82, 2.24) is 34.1 Å². The molecule has 4 aromatic heterocycles. The Bertz CT molecular complexity index is 2800. The minimum atomic E-state index is 0.480. The van der Waals surface area contributed by atoms with Gasteiger partial charge in [-0.15, -0.1) is 0 Å². The summed E-state index contributed by atoms with van der Waals surface area (Å²) in [6.45, 7) is 0. The molecule has 0 aliphatic heterocycles. The minimum absolute atomic E-state index is 0.480. The van der Waals surface area contributed by atoms with Gasteiger partial charge in [0, 0.05) is 44.6 Å². The highest BCUT2D eigenvalue weighted by Crippen LogP contribution is 2.39. The molecule has 0 N–H and O–H groups in total. The smallest absolute Gasteiger partial charge is 0.235 e. The van der Waals surface area contributed by atoms with Gasteiger partial charge < -0.3 is 4.57 Å². The summed E-state index contributed by atoms with van der Waals surface area (Å²) in [4.78, 5) is 24.7. The molecule has 10 rings (SSSR count). The average molecular weight is 642 g/mol. The molecule has 0 saturated heterocycles.